The highest BCUT2D eigenvalue weighted by molar-refractivity contribution is 5.91. The first-order valence-corrected chi connectivity index (χ1v) is 17.3. The Kier molecular flexibility index (Phi) is 10.0. The van der Waals surface area contributed by atoms with Crippen LogP contribution in [0.4, 0.5) is 0 Å². The van der Waals surface area contributed by atoms with Crippen molar-refractivity contribution in [1.82, 2.24) is 0 Å². The van der Waals surface area contributed by atoms with Gasteiger partial charge in [-0.05, 0) is 102 Å². The number of carbonyl (C=O) groups excluding carboxylic acids is 2. The largest absolute Gasteiger partial charge is 0.454 e. The van der Waals surface area contributed by atoms with E-state index in [-0.39, 0.29) is 11.8 Å². The molecule has 0 aromatic heterocycles. The first-order chi connectivity index (χ1) is 22.5. The Morgan fingerprint density at radius 2 is 0.957 bits per heavy atom. The third-order valence-corrected chi connectivity index (χ3v) is 9.80. The van der Waals surface area contributed by atoms with Crippen LogP contribution in [0.15, 0.2) is 91.0 Å². The quantitative estimate of drug-likeness (QED) is 0.141. The fourth-order valence-electron chi connectivity index (χ4n) is 7.40. The molecule has 2 unspecified atom stereocenters. The van der Waals surface area contributed by atoms with Crippen LogP contribution in [-0.4, -0.2) is 24.1 Å². The first kappa shape index (κ1) is 31.8. The second-order valence-corrected chi connectivity index (χ2v) is 13.0. The van der Waals surface area contributed by atoms with Crippen molar-refractivity contribution in [3.8, 4) is 0 Å². The maximum absolute atomic E-state index is 13.7. The van der Waals surface area contributed by atoms with Gasteiger partial charge in [-0.25, -0.2) is 9.59 Å². The summed E-state index contributed by atoms with van der Waals surface area (Å²) in [4.78, 5) is 27.4. The van der Waals surface area contributed by atoms with E-state index >= 15 is 0 Å². The number of ether oxygens (including phenoxy) is 2. The summed E-state index contributed by atoms with van der Waals surface area (Å²) >= 11 is 0. The Bertz CT molecular complexity index is 1660. The average Bonchev–Trinajstić information content (AvgIpc) is 3.10. The van der Waals surface area contributed by atoms with Gasteiger partial charge >= 0.3 is 11.9 Å². The number of rotatable bonds is 13. The average molecular weight is 615 g/mol. The summed E-state index contributed by atoms with van der Waals surface area (Å²) < 4.78 is 13.0. The second-order valence-electron chi connectivity index (χ2n) is 13.0. The number of carbonyl (C=O) groups is 2. The molecule has 4 aromatic rings. The zero-order chi connectivity index (χ0) is 32.0. The molecule has 0 saturated carbocycles. The van der Waals surface area contributed by atoms with Crippen LogP contribution >= 0.6 is 0 Å². The lowest BCUT2D eigenvalue weighted by Gasteiger charge is -2.49. The van der Waals surface area contributed by atoms with Crippen LogP contribution in [0.3, 0.4) is 0 Å². The van der Waals surface area contributed by atoms with E-state index in [0.717, 1.165) is 57.8 Å². The topological polar surface area (TPSA) is 52.6 Å². The fourth-order valence-corrected chi connectivity index (χ4v) is 7.40. The summed E-state index contributed by atoms with van der Waals surface area (Å²) in [6.45, 7) is 6.70. The number of hydrogen-bond acceptors (Lipinski definition) is 4. The predicted octanol–water partition coefficient (Wildman–Crippen LogP) is 9.76. The number of esters is 2. The molecular formula is C42H46O4. The Labute approximate surface area is 274 Å². The number of aryl methyl sites for hydroxylation is 3. The van der Waals surface area contributed by atoms with E-state index in [1.54, 1.807) is 24.3 Å². The van der Waals surface area contributed by atoms with Gasteiger partial charge in [0.2, 0.25) is 0 Å². The standard InChI is InChI=1S/C42H46O4/c1-4-7-16-28-23-24-33-34(25-28)38-36-27-32(18-9-6-3)31(17-8-5-2)26-35(36)37(33)39(45-41(43)29-19-12-10-13-20-29)40(38)46-42(44)30-21-14-11-15-22-30/h10-15,19-27,37-40H,4-9,16-18H2,1-3H3/t37-,38-,39?,40?/m0/s1. The third kappa shape index (κ3) is 6.40. The second kappa shape index (κ2) is 14.5. The number of hydrogen-bond donors (Lipinski definition) is 0. The molecule has 2 bridgehead atoms. The van der Waals surface area contributed by atoms with Crippen LogP contribution in [0.25, 0.3) is 0 Å². The monoisotopic (exact) mass is 614 g/mol. The molecule has 46 heavy (non-hydrogen) atoms. The molecule has 4 nitrogen and oxygen atoms in total. The van der Waals surface area contributed by atoms with E-state index in [1.165, 1.54) is 38.9 Å². The minimum Gasteiger partial charge on any atom is -0.454 e. The lowest BCUT2D eigenvalue weighted by Crippen LogP contribution is -2.51. The van der Waals surface area contributed by atoms with Gasteiger partial charge in [0.25, 0.3) is 0 Å². The molecule has 238 valence electrons. The Morgan fingerprint density at radius 3 is 1.43 bits per heavy atom. The highest BCUT2D eigenvalue weighted by atomic mass is 16.6. The molecule has 4 heteroatoms. The highest BCUT2D eigenvalue weighted by Gasteiger charge is 2.54. The minimum absolute atomic E-state index is 0.238. The fraction of sp³-hybridized carbons (Fsp3) is 0.381. The van der Waals surface area contributed by atoms with Gasteiger partial charge in [-0.3, -0.25) is 0 Å². The maximum atomic E-state index is 13.7. The van der Waals surface area contributed by atoms with Gasteiger partial charge in [0.1, 0.15) is 0 Å². The zero-order valence-corrected chi connectivity index (χ0v) is 27.5. The minimum atomic E-state index is -0.660. The van der Waals surface area contributed by atoms with Crippen molar-refractivity contribution in [3.05, 3.63) is 141 Å². The molecule has 0 fully saturated rings. The molecule has 7 rings (SSSR count). The zero-order valence-electron chi connectivity index (χ0n) is 27.5. The van der Waals surface area contributed by atoms with E-state index in [1.807, 2.05) is 36.4 Å². The molecule has 3 aliphatic carbocycles. The van der Waals surface area contributed by atoms with Crippen LogP contribution in [-0.2, 0) is 28.7 Å². The van der Waals surface area contributed by atoms with Crippen LogP contribution in [0.1, 0.15) is 131 Å². The van der Waals surface area contributed by atoms with Gasteiger partial charge in [-0.1, -0.05) is 107 Å². The molecule has 0 N–H and O–H groups in total. The van der Waals surface area contributed by atoms with Crippen LogP contribution in [0.2, 0.25) is 0 Å². The van der Waals surface area contributed by atoms with Crippen molar-refractivity contribution in [1.29, 1.82) is 0 Å². The normalized spacial score (nSPS) is 19.3. The van der Waals surface area contributed by atoms with E-state index in [9.17, 15) is 9.59 Å². The molecule has 4 aromatic carbocycles. The van der Waals surface area contributed by atoms with Crippen molar-refractivity contribution in [2.45, 2.75) is 103 Å². The summed E-state index contributed by atoms with van der Waals surface area (Å²) in [6, 6.07) is 29.9. The van der Waals surface area contributed by atoms with Crippen LogP contribution in [0.5, 0.6) is 0 Å². The van der Waals surface area contributed by atoms with E-state index < -0.39 is 24.1 Å². The van der Waals surface area contributed by atoms with Crippen molar-refractivity contribution >= 4 is 11.9 Å². The number of fused-ring (bicyclic) bond motifs is 1. The van der Waals surface area contributed by atoms with Crippen molar-refractivity contribution in [3.63, 3.8) is 0 Å². The van der Waals surface area contributed by atoms with Gasteiger partial charge in [0, 0.05) is 0 Å². The Hall–Kier alpha value is -4.18. The first-order valence-electron chi connectivity index (χ1n) is 17.3. The predicted molar refractivity (Wildman–Crippen MR) is 184 cm³/mol. The molecule has 4 atom stereocenters. The number of unbranched alkanes of at least 4 members (excludes halogenated alkanes) is 3. The van der Waals surface area contributed by atoms with E-state index in [4.69, 9.17) is 9.47 Å². The summed E-state index contributed by atoms with van der Waals surface area (Å²) in [5, 5.41) is 0. The lowest BCUT2D eigenvalue weighted by molar-refractivity contribution is -0.0557. The van der Waals surface area contributed by atoms with Gasteiger partial charge in [0.15, 0.2) is 12.2 Å². The van der Waals surface area contributed by atoms with Crippen molar-refractivity contribution in [2.75, 3.05) is 0 Å². The highest BCUT2D eigenvalue weighted by Crippen LogP contribution is 2.56. The molecule has 0 spiro atoms. The van der Waals surface area contributed by atoms with Crippen molar-refractivity contribution in [2.24, 2.45) is 0 Å². The molecule has 0 amide bonds. The van der Waals surface area contributed by atoms with Gasteiger partial charge in [-0.15, -0.1) is 0 Å². The van der Waals surface area contributed by atoms with E-state index in [0.29, 0.717) is 11.1 Å². The van der Waals surface area contributed by atoms with Crippen LogP contribution in [0, 0.1) is 0 Å². The Morgan fingerprint density at radius 1 is 0.522 bits per heavy atom. The maximum Gasteiger partial charge on any atom is 0.338 e. The molecule has 0 saturated heterocycles. The van der Waals surface area contributed by atoms with Gasteiger partial charge < -0.3 is 9.47 Å². The SMILES string of the molecule is CCCCc1ccc2c(c1)[C@H]1c3cc(CCCC)c(CCCC)cc3[C@H]2C(OC(=O)c2ccccc2)C1OC(=O)c1ccccc1. The molecular weight excluding hydrogens is 568 g/mol. The van der Waals surface area contributed by atoms with Gasteiger partial charge in [0.05, 0.1) is 23.0 Å². The summed E-state index contributed by atoms with van der Waals surface area (Å²) in [5.74, 6) is -1.27. The van der Waals surface area contributed by atoms with Gasteiger partial charge in [-0.2, -0.15) is 0 Å². The van der Waals surface area contributed by atoms with Crippen LogP contribution < -0.4 is 0 Å². The summed E-state index contributed by atoms with van der Waals surface area (Å²) in [5.41, 5.74) is 9.89. The molecule has 0 aliphatic heterocycles. The van der Waals surface area contributed by atoms with E-state index in [2.05, 4.69) is 51.1 Å². The third-order valence-electron chi connectivity index (χ3n) is 9.80. The summed E-state index contributed by atoms with van der Waals surface area (Å²) in [7, 11) is 0. The number of benzene rings is 4. The molecule has 0 heterocycles. The molecule has 3 aliphatic rings. The summed E-state index contributed by atoms with van der Waals surface area (Å²) in [6.07, 6.45) is 8.53. The molecule has 0 radical (unpaired) electrons. The lowest BCUT2D eigenvalue weighted by atomic mass is 9.60. The Balaban J connectivity index is 1.52. The smallest absolute Gasteiger partial charge is 0.338 e. The van der Waals surface area contributed by atoms with Crippen molar-refractivity contribution < 1.29 is 19.1 Å².